The second kappa shape index (κ2) is 4.83. The Labute approximate surface area is 155 Å². The standard InChI is InChI=1S/C20H22O7/c1-17-9-13(11-5-8-25-10-11)26-15(21)12(17)3-6-18(2)19(23)7-4-14(20(17,18)24)27-16(19)22/h4-5,7-8,10,12-14,23-24H,3,6,9H2,1-2H3/t12-,13-,14+,17+,18-,19-,20+/m0/s1. The molecular weight excluding hydrogens is 352 g/mol. The van der Waals surface area contributed by atoms with Crippen LogP contribution in [0.5, 0.6) is 0 Å². The van der Waals surface area contributed by atoms with Gasteiger partial charge in [0.2, 0.25) is 0 Å². The zero-order valence-corrected chi connectivity index (χ0v) is 15.2. The highest BCUT2D eigenvalue weighted by Crippen LogP contribution is 2.69. The Morgan fingerprint density at radius 1 is 1.19 bits per heavy atom. The van der Waals surface area contributed by atoms with Crippen molar-refractivity contribution < 1.29 is 33.7 Å². The predicted molar refractivity (Wildman–Crippen MR) is 90.0 cm³/mol. The van der Waals surface area contributed by atoms with E-state index in [-0.39, 0.29) is 5.97 Å². The van der Waals surface area contributed by atoms with E-state index < -0.39 is 46.1 Å². The lowest BCUT2D eigenvalue weighted by Gasteiger charge is -2.70. The van der Waals surface area contributed by atoms with Gasteiger partial charge in [-0.2, -0.15) is 0 Å². The molecule has 1 aromatic heterocycles. The monoisotopic (exact) mass is 374 g/mol. The van der Waals surface area contributed by atoms with E-state index in [0.717, 1.165) is 0 Å². The number of esters is 2. The summed E-state index contributed by atoms with van der Waals surface area (Å²) in [4.78, 5) is 25.3. The molecule has 2 saturated heterocycles. The highest BCUT2D eigenvalue weighted by Gasteiger charge is 2.80. The Kier molecular flexibility index (Phi) is 3.04. The van der Waals surface area contributed by atoms with Crippen molar-refractivity contribution in [2.24, 2.45) is 16.7 Å². The van der Waals surface area contributed by atoms with Gasteiger partial charge in [-0.15, -0.1) is 0 Å². The van der Waals surface area contributed by atoms with Gasteiger partial charge in [0.15, 0.2) is 5.60 Å². The minimum Gasteiger partial charge on any atom is -0.472 e. The largest absolute Gasteiger partial charge is 0.472 e. The van der Waals surface area contributed by atoms with Crippen molar-refractivity contribution >= 4 is 11.9 Å². The summed E-state index contributed by atoms with van der Waals surface area (Å²) >= 11 is 0. The minimum atomic E-state index is -1.92. The van der Waals surface area contributed by atoms with Gasteiger partial charge in [0.05, 0.1) is 18.4 Å². The first-order chi connectivity index (χ1) is 12.7. The highest BCUT2D eigenvalue weighted by molar-refractivity contribution is 5.87. The molecule has 0 radical (unpaired) electrons. The van der Waals surface area contributed by atoms with Crippen LogP contribution in [0.1, 0.15) is 44.8 Å². The maximum absolute atomic E-state index is 12.9. The summed E-state index contributed by atoms with van der Waals surface area (Å²) in [5.41, 5.74) is -4.94. The van der Waals surface area contributed by atoms with Crippen molar-refractivity contribution in [2.45, 2.75) is 56.5 Å². The van der Waals surface area contributed by atoms with Gasteiger partial charge >= 0.3 is 11.9 Å². The van der Waals surface area contributed by atoms with Crippen LogP contribution in [0.2, 0.25) is 0 Å². The van der Waals surface area contributed by atoms with Crippen molar-refractivity contribution in [3.63, 3.8) is 0 Å². The van der Waals surface area contributed by atoms with Crippen molar-refractivity contribution in [1.82, 2.24) is 0 Å². The van der Waals surface area contributed by atoms with E-state index in [0.29, 0.717) is 24.8 Å². The van der Waals surface area contributed by atoms with E-state index in [9.17, 15) is 19.8 Å². The number of carbonyl (C=O) groups is 2. The summed E-state index contributed by atoms with van der Waals surface area (Å²) in [6, 6.07) is 1.73. The van der Waals surface area contributed by atoms with E-state index in [4.69, 9.17) is 13.9 Å². The van der Waals surface area contributed by atoms with Crippen LogP contribution < -0.4 is 0 Å². The van der Waals surface area contributed by atoms with Gasteiger partial charge in [-0.3, -0.25) is 4.79 Å². The molecule has 3 aliphatic heterocycles. The van der Waals surface area contributed by atoms with Crippen LogP contribution in [0.3, 0.4) is 0 Å². The molecule has 7 heteroatoms. The summed E-state index contributed by atoms with van der Waals surface area (Å²) in [5, 5.41) is 23.3. The quantitative estimate of drug-likeness (QED) is 0.569. The maximum atomic E-state index is 12.9. The third-order valence-electron chi connectivity index (χ3n) is 7.79. The van der Waals surface area contributed by atoms with Crippen LogP contribution in [0.25, 0.3) is 0 Å². The normalized spacial score (nSPS) is 50.6. The van der Waals surface area contributed by atoms with Crippen LogP contribution >= 0.6 is 0 Å². The lowest BCUT2D eigenvalue weighted by Crippen LogP contribution is -2.82. The van der Waals surface area contributed by atoms with Crippen molar-refractivity contribution in [3.8, 4) is 0 Å². The van der Waals surface area contributed by atoms with E-state index in [2.05, 4.69) is 0 Å². The third-order valence-corrected chi connectivity index (χ3v) is 7.79. The topological polar surface area (TPSA) is 106 Å². The van der Waals surface area contributed by atoms with Crippen LogP contribution in [0, 0.1) is 16.7 Å². The van der Waals surface area contributed by atoms with Gasteiger partial charge in [0, 0.05) is 16.4 Å². The Bertz CT molecular complexity index is 860. The molecule has 2 bridgehead atoms. The average molecular weight is 374 g/mol. The third kappa shape index (κ3) is 1.66. The van der Waals surface area contributed by atoms with Crippen LogP contribution in [0.15, 0.2) is 35.2 Å². The fraction of sp³-hybridized carbons (Fsp3) is 0.600. The summed E-state index contributed by atoms with van der Waals surface area (Å²) in [6.45, 7) is 3.56. The number of furan rings is 1. The fourth-order valence-corrected chi connectivity index (χ4v) is 6.10. The Balaban J connectivity index is 1.67. The van der Waals surface area contributed by atoms with Gasteiger partial charge < -0.3 is 24.1 Å². The molecule has 3 fully saturated rings. The number of hydrogen-bond donors (Lipinski definition) is 2. The highest BCUT2D eigenvalue weighted by atomic mass is 16.6. The van der Waals surface area contributed by atoms with E-state index in [1.54, 1.807) is 19.1 Å². The first-order valence-electron chi connectivity index (χ1n) is 9.25. The zero-order chi connectivity index (χ0) is 19.2. The molecular formula is C20H22O7. The molecule has 27 heavy (non-hydrogen) atoms. The summed E-state index contributed by atoms with van der Waals surface area (Å²) in [6.07, 6.45) is 5.59. The van der Waals surface area contributed by atoms with Gasteiger partial charge in [0.1, 0.15) is 17.8 Å². The summed E-state index contributed by atoms with van der Waals surface area (Å²) < 4.78 is 16.2. The second-order valence-electron chi connectivity index (χ2n) is 8.74. The Morgan fingerprint density at radius 3 is 2.63 bits per heavy atom. The Morgan fingerprint density at radius 2 is 1.96 bits per heavy atom. The molecule has 2 aliphatic carbocycles. The molecule has 7 nitrogen and oxygen atoms in total. The molecule has 6 rings (SSSR count). The number of ether oxygens (including phenoxy) is 2. The van der Waals surface area contributed by atoms with Crippen LogP contribution in [-0.2, 0) is 19.1 Å². The van der Waals surface area contributed by atoms with Crippen LogP contribution in [-0.4, -0.2) is 39.5 Å². The predicted octanol–water partition coefficient (Wildman–Crippen LogP) is 1.65. The maximum Gasteiger partial charge on any atom is 0.343 e. The SMILES string of the molecule is C[C@@]12CC[C@H]3C(=O)O[C@H](c4ccoc4)C[C@@]3(C)[C@]1(O)[C@H]1C=C[C@]2(O)C(=O)O1. The lowest BCUT2D eigenvalue weighted by atomic mass is 9.39. The van der Waals surface area contributed by atoms with Crippen molar-refractivity contribution in [1.29, 1.82) is 0 Å². The van der Waals surface area contributed by atoms with E-state index >= 15 is 0 Å². The minimum absolute atomic E-state index is 0.307. The average Bonchev–Trinajstić information content (AvgIpc) is 3.14. The molecule has 5 aliphatic rings. The fourth-order valence-electron chi connectivity index (χ4n) is 6.10. The van der Waals surface area contributed by atoms with Crippen molar-refractivity contribution in [3.05, 3.63) is 36.3 Å². The Hall–Kier alpha value is -2.12. The summed E-state index contributed by atoms with van der Waals surface area (Å²) in [5.74, 6) is -1.67. The molecule has 0 spiro atoms. The first kappa shape index (κ1) is 17.0. The van der Waals surface area contributed by atoms with E-state index in [1.807, 2.05) is 6.92 Å². The molecule has 0 unspecified atom stereocenters. The molecule has 7 atom stereocenters. The van der Waals surface area contributed by atoms with E-state index in [1.165, 1.54) is 18.6 Å². The summed E-state index contributed by atoms with van der Waals surface area (Å²) in [7, 11) is 0. The lowest BCUT2D eigenvalue weighted by molar-refractivity contribution is -0.331. The molecule has 1 aromatic rings. The first-order valence-corrected chi connectivity index (χ1v) is 9.25. The molecule has 0 amide bonds. The van der Waals surface area contributed by atoms with Gasteiger partial charge in [-0.05, 0) is 37.5 Å². The van der Waals surface area contributed by atoms with Gasteiger partial charge in [-0.25, -0.2) is 4.79 Å². The number of carbonyl (C=O) groups excluding carboxylic acids is 2. The smallest absolute Gasteiger partial charge is 0.343 e. The molecule has 144 valence electrons. The van der Waals surface area contributed by atoms with Crippen molar-refractivity contribution in [2.75, 3.05) is 0 Å². The molecule has 0 aromatic carbocycles. The number of rotatable bonds is 1. The molecule has 4 heterocycles. The molecule has 1 saturated carbocycles. The second-order valence-corrected chi connectivity index (χ2v) is 8.74. The number of fused-ring (bicyclic) bond motifs is 2. The number of aliphatic hydroxyl groups is 2. The van der Waals surface area contributed by atoms with Crippen LogP contribution in [0.4, 0.5) is 0 Å². The number of hydrogen-bond acceptors (Lipinski definition) is 7. The number of cyclic esters (lactones) is 1. The van der Waals surface area contributed by atoms with Gasteiger partial charge in [0.25, 0.3) is 0 Å². The van der Waals surface area contributed by atoms with Gasteiger partial charge in [-0.1, -0.05) is 13.8 Å². The zero-order valence-electron chi connectivity index (χ0n) is 15.2. The molecule has 2 N–H and O–H groups in total.